The number of carbonyl (C=O) groups is 1. The molecule has 1 fully saturated rings. The van der Waals surface area contributed by atoms with Crippen LogP contribution in [-0.2, 0) is 17.6 Å². The highest BCUT2D eigenvalue weighted by molar-refractivity contribution is 5.79. The molecule has 0 unspecified atom stereocenters. The molecule has 3 heteroatoms. The van der Waals surface area contributed by atoms with E-state index in [2.05, 4.69) is 24.3 Å². The maximum Gasteiger partial charge on any atom is 0.317 e. The van der Waals surface area contributed by atoms with Crippen LogP contribution < -0.4 is 10.5 Å². The molecular weight excluding hydrogens is 310 g/mol. The number of nitrogen functional groups attached to an aromatic ring is 1. The monoisotopic (exact) mass is 337 g/mol. The Hall–Kier alpha value is -2.29. The van der Waals surface area contributed by atoms with Gasteiger partial charge in [-0.05, 0) is 56.2 Å². The summed E-state index contributed by atoms with van der Waals surface area (Å²) >= 11 is 0. The van der Waals surface area contributed by atoms with E-state index in [1.807, 2.05) is 25.1 Å². The van der Waals surface area contributed by atoms with E-state index in [1.165, 1.54) is 5.56 Å². The van der Waals surface area contributed by atoms with Crippen molar-refractivity contribution in [2.75, 3.05) is 5.73 Å². The number of hydrogen-bond acceptors (Lipinski definition) is 3. The van der Waals surface area contributed by atoms with Crippen molar-refractivity contribution in [2.45, 2.75) is 51.9 Å². The highest BCUT2D eigenvalue weighted by Gasteiger charge is 2.38. The molecule has 2 aromatic carbocycles. The van der Waals surface area contributed by atoms with E-state index in [0.717, 1.165) is 50.5 Å². The third-order valence-corrected chi connectivity index (χ3v) is 5.25. The first-order valence-corrected chi connectivity index (χ1v) is 9.21. The first kappa shape index (κ1) is 17.5. The molecule has 0 aliphatic heterocycles. The smallest absolute Gasteiger partial charge is 0.317 e. The van der Waals surface area contributed by atoms with Gasteiger partial charge in [-0.1, -0.05) is 49.2 Å². The van der Waals surface area contributed by atoms with E-state index in [4.69, 9.17) is 10.5 Å². The first-order valence-electron chi connectivity index (χ1n) is 9.21. The van der Waals surface area contributed by atoms with Crippen LogP contribution in [0, 0.1) is 5.41 Å². The summed E-state index contributed by atoms with van der Waals surface area (Å²) in [6, 6.07) is 16.1. The van der Waals surface area contributed by atoms with Crippen molar-refractivity contribution in [3.05, 3.63) is 59.7 Å². The largest absolute Gasteiger partial charge is 0.426 e. The summed E-state index contributed by atoms with van der Waals surface area (Å²) in [6.45, 7) is 2.02. The van der Waals surface area contributed by atoms with Gasteiger partial charge >= 0.3 is 5.97 Å². The zero-order chi connectivity index (χ0) is 17.7. The van der Waals surface area contributed by atoms with E-state index in [-0.39, 0.29) is 11.4 Å². The molecule has 0 heterocycles. The lowest BCUT2D eigenvalue weighted by molar-refractivity contribution is -0.144. The van der Waals surface area contributed by atoms with Crippen molar-refractivity contribution in [3.63, 3.8) is 0 Å². The van der Waals surface area contributed by atoms with Crippen molar-refractivity contribution in [1.29, 1.82) is 0 Å². The Labute approximate surface area is 150 Å². The number of esters is 1. The first-order chi connectivity index (χ1) is 12.1. The predicted octanol–water partition coefficient (Wildman–Crippen LogP) is 4.93. The molecule has 3 rings (SSSR count). The highest BCUT2D eigenvalue weighted by atomic mass is 16.5. The fourth-order valence-corrected chi connectivity index (χ4v) is 3.58. The summed E-state index contributed by atoms with van der Waals surface area (Å²) in [7, 11) is 0. The maximum atomic E-state index is 12.6. The average Bonchev–Trinajstić information content (AvgIpc) is 3.06. The zero-order valence-electron chi connectivity index (χ0n) is 15.0. The van der Waals surface area contributed by atoms with Crippen LogP contribution in [0.5, 0.6) is 5.75 Å². The van der Waals surface area contributed by atoms with E-state index < -0.39 is 0 Å². The van der Waals surface area contributed by atoms with Crippen molar-refractivity contribution in [2.24, 2.45) is 5.41 Å². The molecule has 2 aromatic rings. The summed E-state index contributed by atoms with van der Waals surface area (Å²) < 4.78 is 5.80. The maximum absolute atomic E-state index is 12.6. The van der Waals surface area contributed by atoms with Gasteiger partial charge in [0, 0.05) is 11.8 Å². The molecule has 1 saturated carbocycles. The Morgan fingerprint density at radius 1 is 1.08 bits per heavy atom. The molecule has 1 aliphatic carbocycles. The average molecular weight is 337 g/mol. The molecule has 3 nitrogen and oxygen atoms in total. The number of nitrogens with two attached hydrogens (primary N) is 1. The van der Waals surface area contributed by atoms with Gasteiger partial charge in [-0.25, -0.2) is 0 Å². The van der Waals surface area contributed by atoms with E-state index in [1.54, 1.807) is 6.07 Å². The molecule has 0 radical (unpaired) electrons. The summed E-state index contributed by atoms with van der Waals surface area (Å²) in [6.07, 6.45) is 6.93. The fraction of sp³-hybridized carbons (Fsp3) is 0.409. The number of aryl methyl sites for hydroxylation is 2. The molecule has 132 valence electrons. The second-order valence-corrected chi connectivity index (χ2v) is 7.36. The topological polar surface area (TPSA) is 52.3 Å². The lowest BCUT2D eigenvalue weighted by Gasteiger charge is -2.22. The van der Waals surface area contributed by atoms with E-state index in [9.17, 15) is 4.79 Å². The summed E-state index contributed by atoms with van der Waals surface area (Å²) in [4.78, 5) is 12.6. The minimum atomic E-state index is -0.341. The van der Waals surface area contributed by atoms with Crippen LogP contribution in [0.1, 0.15) is 50.2 Å². The number of benzene rings is 2. The normalized spacial score (nSPS) is 15.9. The van der Waals surface area contributed by atoms with Crippen LogP contribution in [-0.4, -0.2) is 5.97 Å². The SMILES string of the molecule is CC1(C(=O)Oc2cc(N)ccc2CCCc2ccccc2)CCCC1. The minimum Gasteiger partial charge on any atom is -0.426 e. The lowest BCUT2D eigenvalue weighted by Crippen LogP contribution is -2.29. The number of hydrogen-bond donors (Lipinski definition) is 1. The van der Waals surface area contributed by atoms with Gasteiger partial charge in [0.15, 0.2) is 0 Å². The zero-order valence-corrected chi connectivity index (χ0v) is 15.0. The van der Waals surface area contributed by atoms with Gasteiger partial charge in [0.05, 0.1) is 5.41 Å². The van der Waals surface area contributed by atoms with Crippen molar-refractivity contribution < 1.29 is 9.53 Å². The lowest BCUT2D eigenvalue weighted by atomic mass is 9.89. The second-order valence-electron chi connectivity index (χ2n) is 7.36. The molecule has 0 saturated heterocycles. The summed E-state index contributed by atoms with van der Waals surface area (Å²) in [5.41, 5.74) is 8.59. The van der Waals surface area contributed by atoms with Gasteiger partial charge in [-0.3, -0.25) is 4.79 Å². The number of carbonyl (C=O) groups excluding carboxylic acids is 1. The van der Waals surface area contributed by atoms with Crippen molar-refractivity contribution >= 4 is 11.7 Å². The molecular formula is C22H27NO2. The Morgan fingerprint density at radius 3 is 2.52 bits per heavy atom. The molecule has 0 atom stereocenters. The highest BCUT2D eigenvalue weighted by Crippen LogP contribution is 2.39. The van der Waals surface area contributed by atoms with Crippen LogP contribution in [0.2, 0.25) is 0 Å². The van der Waals surface area contributed by atoms with Crippen LogP contribution >= 0.6 is 0 Å². The molecule has 25 heavy (non-hydrogen) atoms. The van der Waals surface area contributed by atoms with Gasteiger partial charge < -0.3 is 10.5 Å². The van der Waals surface area contributed by atoms with Gasteiger partial charge in [-0.15, -0.1) is 0 Å². The Kier molecular flexibility index (Phi) is 5.42. The number of anilines is 1. The standard InChI is InChI=1S/C22H27NO2/c1-22(14-5-6-15-22)21(24)25-20-16-19(23)13-12-18(20)11-7-10-17-8-3-2-4-9-17/h2-4,8-9,12-13,16H,5-7,10-11,14-15,23H2,1H3. The third-order valence-electron chi connectivity index (χ3n) is 5.25. The van der Waals surface area contributed by atoms with Crippen molar-refractivity contribution in [1.82, 2.24) is 0 Å². The van der Waals surface area contributed by atoms with E-state index in [0.29, 0.717) is 11.4 Å². The molecule has 0 amide bonds. The van der Waals surface area contributed by atoms with Crippen LogP contribution in [0.4, 0.5) is 5.69 Å². The van der Waals surface area contributed by atoms with Crippen LogP contribution in [0.25, 0.3) is 0 Å². The van der Waals surface area contributed by atoms with Gasteiger partial charge in [-0.2, -0.15) is 0 Å². The van der Waals surface area contributed by atoms with Crippen molar-refractivity contribution in [3.8, 4) is 5.75 Å². The predicted molar refractivity (Wildman–Crippen MR) is 102 cm³/mol. The quantitative estimate of drug-likeness (QED) is 0.462. The summed E-state index contributed by atoms with van der Waals surface area (Å²) in [5, 5.41) is 0. The Balaban J connectivity index is 1.66. The molecule has 0 spiro atoms. The van der Waals surface area contributed by atoms with Crippen LogP contribution in [0.3, 0.4) is 0 Å². The van der Waals surface area contributed by atoms with E-state index >= 15 is 0 Å². The van der Waals surface area contributed by atoms with Gasteiger partial charge in [0.2, 0.25) is 0 Å². The third kappa shape index (κ3) is 4.41. The summed E-state index contributed by atoms with van der Waals surface area (Å²) in [5.74, 6) is 0.520. The fourth-order valence-electron chi connectivity index (χ4n) is 3.58. The van der Waals surface area contributed by atoms with Gasteiger partial charge in [0.1, 0.15) is 5.75 Å². The number of rotatable bonds is 6. The molecule has 0 aromatic heterocycles. The Bertz CT molecular complexity index is 718. The van der Waals surface area contributed by atoms with Gasteiger partial charge in [0.25, 0.3) is 0 Å². The minimum absolute atomic E-state index is 0.111. The molecule has 2 N–H and O–H groups in total. The number of ether oxygens (including phenoxy) is 1. The van der Waals surface area contributed by atoms with Crippen LogP contribution in [0.15, 0.2) is 48.5 Å². The molecule has 0 bridgehead atoms. The molecule has 1 aliphatic rings. The Morgan fingerprint density at radius 2 is 1.80 bits per heavy atom. The second kappa shape index (κ2) is 7.73.